The quantitative estimate of drug-likeness (QED) is 0.508. The Hall–Kier alpha value is -2.38. The minimum Gasteiger partial charge on any atom is -0.493 e. The Kier molecular flexibility index (Phi) is 7.06. The third-order valence-corrected chi connectivity index (χ3v) is 5.96. The highest BCUT2D eigenvalue weighted by Gasteiger charge is 2.16. The van der Waals surface area contributed by atoms with Crippen LogP contribution in [0.2, 0.25) is 0 Å². The van der Waals surface area contributed by atoms with Crippen LogP contribution in [-0.2, 0) is 24.4 Å². The van der Waals surface area contributed by atoms with Crippen molar-refractivity contribution in [3.05, 3.63) is 62.2 Å². The Morgan fingerprint density at radius 2 is 2.07 bits per heavy atom. The van der Waals surface area contributed by atoms with Crippen molar-refractivity contribution >= 4 is 28.6 Å². The smallest absolute Gasteiger partial charge is 0.228 e. The van der Waals surface area contributed by atoms with Crippen molar-refractivity contribution in [1.82, 2.24) is 9.88 Å². The Morgan fingerprint density at radius 3 is 2.71 bits per heavy atom. The number of thiazole rings is 1. The molecule has 0 fully saturated rings. The van der Waals surface area contributed by atoms with E-state index >= 15 is 0 Å². The summed E-state index contributed by atoms with van der Waals surface area (Å²) in [6.07, 6.45) is 0.331. The summed E-state index contributed by atoms with van der Waals surface area (Å²) in [6, 6.07) is 9.87. The lowest BCUT2D eigenvalue weighted by atomic mass is 10.1. The fourth-order valence-corrected chi connectivity index (χ4v) is 4.05. The number of thiophene rings is 1. The summed E-state index contributed by atoms with van der Waals surface area (Å²) in [6.45, 7) is 5.62. The Morgan fingerprint density at radius 1 is 1.21 bits per heavy atom. The van der Waals surface area contributed by atoms with Gasteiger partial charge in [0.05, 0.1) is 24.2 Å². The molecule has 0 spiro atoms. The van der Waals surface area contributed by atoms with Crippen molar-refractivity contribution in [3.8, 4) is 11.5 Å². The zero-order valence-corrected chi connectivity index (χ0v) is 17.9. The first-order valence-electron chi connectivity index (χ1n) is 9.10. The number of likely N-dealkylation sites (N-methyl/N-ethyl adjacent to an activating group) is 1. The van der Waals surface area contributed by atoms with Crippen LogP contribution in [0.4, 0.5) is 0 Å². The van der Waals surface area contributed by atoms with Crippen LogP contribution in [-0.4, -0.2) is 29.4 Å². The van der Waals surface area contributed by atoms with Crippen molar-refractivity contribution in [1.29, 1.82) is 0 Å². The second-order valence-corrected chi connectivity index (χ2v) is 8.39. The molecule has 28 heavy (non-hydrogen) atoms. The van der Waals surface area contributed by atoms with E-state index in [0.717, 1.165) is 21.1 Å². The number of ether oxygens (including phenoxy) is 2. The second kappa shape index (κ2) is 9.71. The molecule has 0 saturated heterocycles. The predicted octanol–water partition coefficient (Wildman–Crippen LogP) is 4.69. The molecule has 3 rings (SSSR count). The molecule has 0 unspecified atom stereocenters. The largest absolute Gasteiger partial charge is 0.493 e. The Balaban J connectivity index is 1.65. The van der Waals surface area contributed by atoms with Crippen LogP contribution in [0.3, 0.4) is 0 Å². The molecule has 7 heteroatoms. The normalized spacial score (nSPS) is 10.7. The monoisotopic (exact) mass is 416 g/mol. The summed E-state index contributed by atoms with van der Waals surface area (Å²) in [4.78, 5) is 20.0. The zero-order valence-electron chi connectivity index (χ0n) is 16.3. The van der Waals surface area contributed by atoms with Gasteiger partial charge >= 0.3 is 0 Å². The van der Waals surface area contributed by atoms with E-state index in [2.05, 4.69) is 4.98 Å². The molecule has 0 aliphatic rings. The van der Waals surface area contributed by atoms with Crippen LogP contribution >= 0.6 is 22.7 Å². The van der Waals surface area contributed by atoms with Crippen LogP contribution in [0.25, 0.3) is 0 Å². The van der Waals surface area contributed by atoms with Crippen LogP contribution < -0.4 is 9.47 Å². The van der Waals surface area contributed by atoms with Gasteiger partial charge in [-0.05, 0) is 43.0 Å². The third kappa shape index (κ3) is 5.33. The molecule has 148 valence electrons. The van der Waals surface area contributed by atoms with Gasteiger partial charge in [0.15, 0.2) is 11.5 Å². The lowest BCUT2D eigenvalue weighted by Crippen LogP contribution is -2.31. The number of amides is 1. The standard InChI is InChI=1S/C21H24N2O3S2/c1-4-23(21(24)11-17-14-28-15(2)22-17)12-16-7-8-19(20(10-16)25-3)26-13-18-6-5-9-27-18/h5-10,14H,4,11-13H2,1-3H3. The number of hydrogen-bond donors (Lipinski definition) is 0. The number of nitrogens with zero attached hydrogens (tertiary/aromatic N) is 2. The van der Waals surface area contributed by atoms with E-state index in [9.17, 15) is 4.79 Å². The molecule has 2 heterocycles. The summed E-state index contributed by atoms with van der Waals surface area (Å²) in [5.74, 6) is 1.45. The van der Waals surface area contributed by atoms with E-state index < -0.39 is 0 Å². The number of methoxy groups -OCH3 is 1. The Labute approximate surface area is 173 Å². The van der Waals surface area contributed by atoms with Crippen molar-refractivity contribution in [3.63, 3.8) is 0 Å². The average Bonchev–Trinajstić information content (AvgIpc) is 3.36. The minimum absolute atomic E-state index is 0.0739. The van der Waals surface area contributed by atoms with E-state index in [-0.39, 0.29) is 5.91 Å². The maximum absolute atomic E-state index is 12.6. The van der Waals surface area contributed by atoms with Gasteiger partial charge in [-0.3, -0.25) is 4.79 Å². The van der Waals surface area contributed by atoms with Gasteiger partial charge in [-0.15, -0.1) is 22.7 Å². The van der Waals surface area contributed by atoms with E-state index in [0.29, 0.717) is 37.6 Å². The van der Waals surface area contributed by atoms with Crippen LogP contribution in [0.1, 0.15) is 28.1 Å². The van der Waals surface area contributed by atoms with Crippen molar-refractivity contribution in [2.24, 2.45) is 0 Å². The molecule has 0 saturated carbocycles. The predicted molar refractivity (Wildman–Crippen MR) is 113 cm³/mol. The highest BCUT2D eigenvalue weighted by atomic mass is 32.1. The van der Waals surface area contributed by atoms with E-state index in [1.54, 1.807) is 29.8 Å². The van der Waals surface area contributed by atoms with Gasteiger partial charge in [0.25, 0.3) is 0 Å². The number of carbonyl (C=O) groups is 1. The summed E-state index contributed by atoms with van der Waals surface area (Å²) in [5.41, 5.74) is 1.84. The summed E-state index contributed by atoms with van der Waals surface area (Å²) < 4.78 is 11.4. The average molecular weight is 417 g/mol. The lowest BCUT2D eigenvalue weighted by molar-refractivity contribution is -0.130. The van der Waals surface area contributed by atoms with Crippen LogP contribution in [0, 0.1) is 6.92 Å². The number of hydrogen-bond acceptors (Lipinski definition) is 6. The third-order valence-electron chi connectivity index (χ3n) is 4.28. The second-order valence-electron chi connectivity index (χ2n) is 6.30. The molecule has 1 amide bonds. The van der Waals surface area contributed by atoms with E-state index in [1.165, 1.54) is 0 Å². The van der Waals surface area contributed by atoms with Gasteiger partial charge in [-0.1, -0.05) is 12.1 Å². The molecule has 3 aromatic rings. The molecule has 0 aliphatic carbocycles. The number of carbonyl (C=O) groups excluding carboxylic acids is 1. The van der Waals surface area contributed by atoms with Gasteiger partial charge in [-0.25, -0.2) is 4.98 Å². The topological polar surface area (TPSA) is 51.7 Å². The molecule has 2 aromatic heterocycles. The molecule has 0 radical (unpaired) electrons. The number of benzene rings is 1. The minimum atomic E-state index is 0.0739. The SMILES string of the molecule is CCN(Cc1ccc(OCc2cccs2)c(OC)c1)C(=O)Cc1csc(C)n1. The summed E-state index contributed by atoms with van der Waals surface area (Å²) in [5, 5.41) is 4.96. The molecule has 1 aromatic carbocycles. The van der Waals surface area contributed by atoms with Crippen molar-refractivity contribution in [2.45, 2.75) is 33.4 Å². The van der Waals surface area contributed by atoms with Gasteiger partial charge in [0, 0.05) is 23.3 Å². The molecule has 0 aliphatic heterocycles. The molecule has 0 N–H and O–H groups in total. The first-order valence-corrected chi connectivity index (χ1v) is 10.9. The van der Waals surface area contributed by atoms with Gasteiger partial charge in [-0.2, -0.15) is 0 Å². The highest BCUT2D eigenvalue weighted by Crippen LogP contribution is 2.30. The maximum Gasteiger partial charge on any atom is 0.228 e. The van der Waals surface area contributed by atoms with Gasteiger partial charge in [0.2, 0.25) is 5.91 Å². The van der Waals surface area contributed by atoms with Crippen LogP contribution in [0.15, 0.2) is 41.1 Å². The van der Waals surface area contributed by atoms with Gasteiger partial charge in [0.1, 0.15) is 6.61 Å². The highest BCUT2D eigenvalue weighted by molar-refractivity contribution is 7.10. The Bertz CT molecular complexity index is 906. The fourth-order valence-electron chi connectivity index (χ4n) is 2.83. The van der Waals surface area contributed by atoms with E-state index in [4.69, 9.17) is 9.47 Å². The first-order chi connectivity index (χ1) is 13.6. The lowest BCUT2D eigenvalue weighted by Gasteiger charge is -2.21. The maximum atomic E-state index is 12.6. The molecule has 5 nitrogen and oxygen atoms in total. The number of rotatable bonds is 9. The summed E-state index contributed by atoms with van der Waals surface area (Å²) >= 11 is 3.23. The van der Waals surface area contributed by atoms with Gasteiger partial charge < -0.3 is 14.4 Å². The zero-order chi connectivity index (χ0) is 19.9. The van der Waals surface area contributed by atoms with Crippen molar-refractivity contribution in [2.75, 3.05) is 13.7 Å². The fraction of sp³-hybridized carbons (Fsp3) is 0.333. The molecule has 0 atom stereocenters. The molecule has 0 bridgehead atoms. The van der Waals surface area contributed by atoms with Crippen molar-refractivity contribution < 1.29 is 14.3 Å². The molecular formula is C21H24N2O3S2. The summed E-state index contributed by atoms with van der Waals surface area (Å²) in [7, 11) is 1.63. The number of aryl methyl sites for hydroxylation is 1. The number of aromatic nitrogens is 1. The first kappa shape index (κ1) is 20.4. The van der Waals surface area contributed by atoms with E-state index in [1.807, 2.05) is 59.8 Å². The van der Waals surface area contributed by atoms with Crippen LogP contribution in [0.5, 0.6) is 11.5 Å². The molecular weight excluding hydrogens is 392 g/mol.